The molecular formula is C24H29BrN4O5. The Morgan fingerprint density at radius 3 is 2.47 bits per heavy atom. The molecule has 0 aromatic heterocycles. The number of ether oxygens (including phenoxy) is 2. The predicted octanol–water partition coefficient (Wildman–Crippen LogP) is 3.31. The van der Waals surface area contributed by atoms with E-state index in [1.165, 1.54) is 13.3 Å². The number of aryl methyl sites for hydroxylation is 2. The fraction of sp³-hybridized carbons (Fsp3) is 0.333. The first-order valence-electron chi connectivity index (χ1n) is 10.6. The Labute approximate surface area is 207 Å². The van der Waals surface area contributed by atoms with Gasteiger partial charge in [-0.15, -0.1) is 0 Å². The van der Waals surface area contributed by atoms with Crippen molar-refractivity contribution in [2.75, 3.05) is 25.6 Å². The number of hydrogen-bond acceptors (Lipinski definition) is 6. The third kappa shape index (κ3) is 8.18. The molecule has 9 nitrogen and oxygen atoms in total. The zero-order valence-corrected chi connectivity index (χ0v) is 21.4. The van der Waals surface area contributed by atoms with Gasteiger partial charge >= 0.3 is 11.8 Å². The normalized spacial score (nSPS) is 10.8. The molecule has 0 aliphatic rings. The highest BCUT2D eigenvalue weighted by Gasteiger charge is 2.15. The van der Waals surface area contributed by atoms with Crippen LogP contribution in [-0.2, 0) is 14.4 Å². The number of hydrogen-bond donors (Lipinski definition) is 3. The maximum absolute atomic E-state index is 12.3. The van der Waals surface area contributed by atoms with E-state index in [1.54, 1.807) is 12.1 Å². The Morgan fingerprint density at radius 2 is 1.82 bits per heavy atom. The molecule has 0 aliphatic heterocycles. The number of anilines is 1. The lowest BCUT2D eigenvalue weighted by Gasteiger charge is -2.14. The summed E-state index contributed by atoms with van der Waals surface area (Å²) in [4.78, 5) is 35.8. The highest BCUT2D eigenvalue weighted by Crippen LogP contribution is 2.36. The number of methoxy groups -OCH3 is 1. The second kappa shape index (κ2) is 12.7. The second-order valence-electron chi connectivity index (χ2n) is 7.97. The number of amides is 3. The highest BCUT2D eigenvalue weighted by atomic mass is 79.9. The van der Waals surface area contributed by atoms with Crippen LogP contribution >= 0.6 is 15.9 Å². The van der Waals surface area contributed by atoms with Crippen LogP contribution < -0.4 is 25.5 Å². The smallest absolute Gasteiger partial charge is 0.329 e. The Balaban J connectivity index is 1.98. The molecule has 10 heteroatoms. The van der Waals surface area contributed by atoms with E-state index in [4.69, 9.17) is 9.47 Å². The lowest BCUT2D eigenvalue weighted by Crippen LogP contribution is -2.39. The molecule has 3 N–H and O–H groups in total. The molecule has 2 aromatic carbocycles. The summed E-state index contributed by atoms with van der Waals surface area (Å²) < 4.78 is 11.6. The second-order valence-corrected chi connectivity index (χ2v) is 8.83. The molecule has 2 rings (SSSR count). The molecule has 2 aromatic rings. The van der Waals surface area contributed by atoms with E-state index in [0.717, 1.165) is 11.1 Å². The van der Waals surface area contributed by atoms with Crippen LogP contribution in [0.1, 0.15) is 30.5 Å². The fourth-order valence-corrected chi connectivity index (χ4v) is 3.28. The molecule has 0 spiro atoms. The van der Waals surface area contributed by atoms with Crippen molar-refractivity contribution >= 4 is 45.6 Å². The molecule has 34 heavy (non-hydrogen) atoms. The predicted molar refractivity (Wildman–Crippen MR) is 134 cm³/mol. The van der Waals surface area contributed by atoms with Crippen molar-refractivity contribution in [1.82, 2.24) is 10.7 Å². The number of hydrazone groups is 1. The van der Waals surface area contributed by atoms with Crippen LogP contribution in [0.25, 0.3) is 0 Å². The summed E-state index contributed by atoms with van der Waals surface area (Å²) >= 11 is 3.40. The van der Waals surface area contributed by atoms with Gasteiger partial charge in [0.2, 0.25) is 0 Å². The lowest BCUT2D eigenvalue weighted by atomic mass is 10.1. The van der Waals surface area contributed by atoms with Gasteiger partial charge in [0.25, 0.3) is 5.91 Å². The highest BCUT2D eigenvalue weighted by molar-refractivity contribution is 9.10. The van der Waals surface area contributed by atoms with Crippen LogP contribution in [0.2, 0.25) is 0 Å². The average Bonchev–Trinajstić information content (AvgIpc) is 2.78. The molecule has 0 aliphatic carbocycles. The first-order chi connectivity index (χ1) is 16.1. The van der Waals surface area contributed by atoms with Crippen molar-refractivity contribution in [3.8, 4) is 11.5 Å². The van der Waals surface area contributed by atoms with E-state index in [-0.39, 0.29) is 18.4 Å². The molecule has 0 atom stereocenters. The Bertz CT molecular complexity index is 1090. The van der Waals surface area contributed by atoms with E-state index in [2.05, 4.69) is 37.1 Å². The third-order valence-corrected chi connectivity index (χ3v) is 5.24. The van der Waals surface area contributed by atoms with Crippen LogP contribution in [0, 0.1) is 19.8 Å². The largest absolute Gasteiger partial charge is 0.493 e. The van der Waals surface area contributed by atoms with Crippen LogP contribution in [0.4, 0.5) is 5.69 Å². The molecule has 0 unspecified atom stereocenters. The molecule has 3 amide bonds. The molecular weight excluding hydrogens is 504 g/mol. The van der Waals surface area contributed by atoms with Crippen molar-refractivity contribution in [1.29, 1.82) is 0 Å². The van der Waals surface area contributed by atoms with Gasteiger partial charge in [-0.2, -0.15) is 5.10 Å². The summed E-state index contributed by atoms with van der Waals surface area (Å²) in [5.74, 6) is -1.02. The van der Waals surface area contributed by atoms with Gasteiger partial charge in [-0.1, -0.05) is 19.9 Å². The van der Waals surface area contributed by atoms with Gasteiger partial charge in [-0.05, 0) is 76.7 Å². The minimum atomic E-state index is -0.863. The van der Waals surface area contributed by atoms with Gasteiger partial charge in [0.1, 0.15) is 0 Å². The summed E-state index contributed by atoms with van der Waals surface area (Å²) in [5, 5.41) is 9.11. The Hall–Kier alpha value is -3.40. The molecule has 0 saturated heterocycles. The van der Waals surface area contributed by atoms with E-state index in [0.29, 0.717) is 33.8 Å². The number of carbonyl (C=O) groups is 3. The van der Waals surface area contributed by atoms with Gasteiger partial charge < -0.3 is 20.1 Å². The van der Waals surface area contributed by atoms with Gasteiger partial charge in [0.15, 0.2) is 18.1 Å². The SMILES string of the molecule is COc1cc(/C=N\NC(=O)C(=O)NCC(C)C)cc(Br)c1OCC(=O)Nc1ccc(C)c(C)c1. The number of benzene rings is 2. The van der Waals surface area contributed by atoms with E-state index < -0.39 is 11.8 Å². The zero-order chi connectivity index (χ0) is 25.3. The fourth-order valence-electron chi connectivity index (χ4n) is 2.70. The van der Waals surface area contributed by atoms with Gasteiger partial charge in [-0.3, -0.25) is 14.4 Å². The van der Waals surface area contributed by atoms with Gasteiger partial charge in [-0.25, -0.2) is 5.43 Å². The lowest BCUT2D eigenvalue weighted by molar-refractivity contribution is -0.139. The number of carbonyl (C=O) groups excluding carboxylic acids is 3. The quantitative estimate of drug-likeness (QED) is 0.260. The average molecular weight is 533 g/mol. The number of rotatable bonds is 9. The summed E-state index contributed by atoms with van der Waals surface area (Å²) in [6.45, 7) is 7.99. The van der Waals surface area contributed by atoms with E-state index in [1.807, 2.05) is 45.9 Å². The summed E-state index contributed by atoms with van der Waals surface area (Å²) in [5.41, 5.74) is 5.65. The Morgan fingerprint density at radius 1 is 1.09 bits per heavy atom. The first kappa shape index (κ1) is 26.8. The molecule has 0 saturated carbocycles. The summed E-state index contributed by atoms with van der Waals surface area (Å²) in [6, 6.07) is 8.96. The monoisotopic (exact) mass is 532 g/mol. The molecule has 0 bridgehead atoms. The van der Waals surface area contributed by atoms with E-state index >= 15 is 0 Å². The van der Waals surface area contributed by atoms with Crippen LogP contribution in [0.15, 0.2) is 39.9 Å². The van der Waals surface area contributed by atoms with Crippen molar-refractivity contribution in [2.24, 2.45) is 11.0 Å². The molecule has 182 valence electrons. The standard InChI is InChI=1S/C24H29BrN4O5/c1-14(2)11-26-23(31)24(32)29-27-12-17-9-19(25)22(20(10-17)33-5)34-13-21(30)28-18-7-6-15(3)16(4)8-18/h6-10,12,14H,11,13H2,1-5H3,(H,26,31)(H,28,30)(H,29,32)/b27-12-. The Kier molecular flexibility index (Phi) is 10.1. The zero-order valence-electron chi connectivity index (χ0n) is 19.8. The summed E-state index contributed by atoms with van der Waals surface area (Å²) in [7, 11) is 1.46. The van der Waals surface area contributed by atoms with Crippen LogP contribution in [0.5, 0.6) is 11.5 Å². The number of halogens is 1. The van der Waals surface area contributed by atoms with E-state index in [9.17, 15) is 14.4 Å². The third-order valence-electron chi connectivity index (χ3n) is 4.65. The van der Waals surface area contributed by atoms with Gasteiger partial charge in [0.05, 0.1) is 17.8 Å². The van der Waals surface area contributed by atoms with Crippen molar-refractivity contribution < 1.29 is 23.9 Å². The number of nitrogens with zero attached hydrogens (tertiary/aromatic N) is 1. The summed E-state index contributed by atoms with van der Waals surface area (Å²) in [6.07, 6.45) is 1.36. The molecule has 0 radical (unpaired) electrons. The maximum Gasteiger partial charge on any atom is 0.329 e. The number of nitrogens with one attached hydrogen (secondary N) is 3. The first-order valence-corrected chi connectivity index (χ1v) is 11.4. The molecule has 0 heterocycles. The maximum atomic E-state index is 12.3. The minimum absolute atomic E-state index is 0.225. The van der Waals surface area contributed by atoms with Gasteiger partial charge in [0, 0.05) is 12.2 Å². The topological polar surface area (TPSA) is 118 Å². The van der Waals surface area contributed by atoms with Crippen LogP contribution in [-0.4, -0.2) is 44.2 Å². The van der Waals surface area contributed by atoms with Crippen LogP contribution in [0.3, 0.4) is 0 Å². The van der Waals surface area contributed by atoms with Crippen molar-refractivity contribution in [3.63, 3.8) is 0 Å². The minimum Gasteiger partial charge on any atom is -0.493 e. The van der Waals surface area contributed by atoms with Crippen molar-refractivity contribution in [3.05, 3.63) is 51.5 Å². The molecule has 0 fully saturated rings. The van der Waals surface area contributed by atoms with Crippen molar-refractivity contribution in [2.45, 2.75) is 27.7 Å².